The second-order valence-electron chi connectivity index (χ2n) is 22.2. The van der Waals surface area contributed by atoms with Gasteiger partial charge in [0.05, 0.1) is 0 Å². The van der Waals surface area contributed by atoms with Crippen molar-refractivity contribution in [2.75, 3.05) is 0 Å². The SMILES string of the molecule is CCCCCCCCC1(CCCCCCCC)C2CC(C)CCC2C2CCC(C3CCC(N(C4CCC(C)CC4)C4CCC(C(C)CC)CC4)CC3)CC21. The van der Waals surface area contributed by atoms with Crippen LogP contribution < -0.4 is 0 Å². The van der Waals surface area contributed by atoms with Crippen LogP contribution in [0.25, 0.3) is 0 Å². The molecule has 6 saturated carbocycles. The summed E-state index contributed by atoms with van der Waals surface area (Å²) in [4.78, 5) is 3.28. The first kappa shape index (κ1) is 43.5. The van der Waals surface area contributed by atoms with Crippen LogP contribution in [0.3, 0.4) is 0 Å². The molecule has 7 atom stereocenters. The highest BCUT2D eigenvalue weighted by Crippen LogP contribution is 2.68. The Hall–Kier alpha value is -0.0400. The van der Waals surface area contributed by atoms with Crippen molar-refractivity contribution in [3.8, 4) is 0 Å². The first-order chi connectivity index (χ1) is 26.4. The topological polar surface area (TPSA) is 3.24 Å². The number of hydrogen-bond acceptors (Lipinski definition) is 1. The van der Waals surface area contributed by atoms with Gasteiger partial charge >= 0.3 is 0 Å². The van der Waals surface area contributed by atoms with Crippen LogP contribution in [0.4, 0.5) is 0 Å². The molecule has 6 aliphatic rings. The van der Waals surface area contributed by atoms with Crippen molar-refractivity contribution >= 4 is 0 Å². The third-order valence-electron chi connectivity index (χ3n) is 19.0. The van der Waals surface area contributed by atoms with Gasteiger partial charge in [0.1, 0.15) is 0 Å². The average Bonchev–Trinajstić information content (AvgIpc) is 3.46. The van der Waals surface area contributed by atoms with Crippen molar-refractivity contribution in [1.29, 1.82) is 0 Å². The largest absolute Gasteiger partial charge is 0.294 e. The fraction of sp³-hybridized carbons (Fsp3) is 1.00. The monoisotopic (exact) mass is 748 g/mol. The normalized spacial score (nSPS) is 38.9. The molecule has 0 aromatic rings. The Balaban J connectivity index is 1.13. The molecule has 0 aliphatic heterocycles. The molecule has 6 rings (SSSR count). The second kappa shape index (κ2) is 21.8. The molecule has 6 fully saturated rings. The van der Waals surface area contributed by atoms with Gasteiger partial charge in [-0.25, -0.2) is 0 Å². The third-order valence-corrected chi connectivity index (χ3v) is 19.0. The predicted molar refractivity (Wildman–Crippen MR) is 237 cm³/mol. The molecule has 314 valence electrons. The van der Waals surface area contributed by atoms with E-state index in [2.05, 4.69) is 46.4 Å². The standard InChI is InChI=1S/C53H97N/c1-7-10-12-14-16-18-36-53(37-19-17-15-13-11-8-2)51-38-41(5)22-34-49(51)50-35-27-45(39-52(50)53)44-25-32-48(33-26-44)54(46-28-20-40(4)21-29-46)47-30-23-43(24-31-47)42(6)9-3/h40-52H,7-39H2,1-6H3. The number of nitrogens with zero attached hydrogens (tertiary/aromatic N) is 1. The molecule has 0 aromatic heterocycles. The smallest absolute Gasteiger partial charge is 0.0101 e. The summed E-state index contributed by atoms with van der Waals surface area (Å²) >= 11 is 0. The molecule has 0 bridgehead atoms. The van der Waals surface area contributed by atoms with E-state index in [1.54, 1.807) is 70.6 Å². The molecule has 0 N–H and O–H groups in total. The molecule has 0 spiro atoms. The molecule has 0 heterocycles. The Morgan fingerprint density at radius 1 is 0.463 bits per heavy atom. The van der Waals surface area contributed by atoms with Gasteiger partial charge in [-0.1, -0.05) is 131 Å². The number of rotatable bonds is 20. The molecule has 6 aliphatic carbocycles. The summed E-state index contributed by atoms with van der Waals surface area (Å²) in [6, 6.07) is 2.70. The summed E-state index contributed by atoms with van der Waals surface area (Å²) in [7, 11) is 0. The maximum Gasteiger partial charge on any atom is 0.0101 e. The molecule has 0 radical (unpaired) electrons. The molecular formula is C53H97N. The van der Waals surface area contributed by atoms with E-state index in [1.165, 1.54) is 141 Å². The maximum absolute atomic E-state index is 3.28. The van der Waals surface area contributed by atoms with Gasteiger partial charge in [-0.2, -0.15) is 0 Å². The number of hydrogen-bond donors (Lipinski definition) is 0. The number of fused-ring (bicyclic) bond motifs is 3. The summed E-state index contributed by atoms with van der Waals surface area (Å²) in [6.07, 6.45) is 50.2. The van der Waals surface area contributed by atoms with Crippen molar-refractivity contribution in [2.24, 2.45) is 64.6 Å². The first-order valence-corrected chi connectivity index (χ1v) is 26.2. The molecule has 54 heavy (non-hydrogen) atoms. The fourth-order valence-electron chi connectivity index (χ4n) is 15.6. The van der Waals surface area contributed by atoms with Gasteiger partial charge in [0.25, 0.3) is 0 Å². The van der Waals surface area contributed by atoms with E-state index in [1.807, 2.05) is 0 Å². The lowest BCUT2D eigenvalue weighted by atomic mass is 9.57. The Kier molecular flexibility index (Phi) is 17.6. The van der Waals surface area contributed by atoms with Gasteiger partial charge in [-0.3, -0.25) is 4.90 Å². The van der Waals surface area contributed by atoms with Crippen LogP contribution in [-0.4, -0.2) is 23.0 Å². The maximum atomic E-state index is 3.28. The zero-order valence-corrected chi connectivity index (χ0v) is 37.8. The summed E-state index contributed by atoms with van der Waals surface area (Å²) in [5.41, 5.74) is 0.693. The van der Waals surface area contributed by atoms with Crippen LogP contribution >= 0.6 is 0 Å². The lowest BCUT2D eigenvalue weighted by Crippen LogP contribution is -2.53. The summed E-state index contributed by atoms with van der Waals surface area (Å²) in [5, 5.41) is 0. The average molecular weight is 748 g/mol. The number of unbranched alkanes of at least 4 members (excludes halogenated alkanes) is 10. The lowest BCUT2D eigenvalue weighted by Gasteiger charge is -2.51. The van der Waals surface area contributed by atoms with Crippen molar-refractivity contribution in [2.45, 2.75) is 272 Å². The minimum absolute atomic E-state index is 0.693. The van der Waals surface area contributed by atoms with Crippen molar-refractivity contribution in [3.63, 3.8) is 0 Å². The summed E-state index contributed by atoms with van der Waals surface area (Å²) in [6.45, 7) is 14.9. The predicted octanol–water partition coefficient (Wildman–Crippen LogP) is 16.6. The van der Waals surface area contributed by atoms with Gasteiger partial charge in [0.15, 0.2) is 0 Å². The van der Waals surface area contributed by atoms with Crippen LogP contribution in [-0.2, 0) is 0 Å². The molecule has 1 nitrogen and oxygen atoms in total. The highest BCUT2D eigenvalue weighted by molar-refractivity contribution is 5.10. The van der Waals surface area contributed by atoms with Crippen LogP contribution in [0.15, 0.2) is 0 Å². The van der Waals surface area contributed by atoms with Crippen LogP contribution in [0.2, 0.25) is 0 Å². The minimum Gasteiger partial charge on any atom is -0.294 e. The van der Waals surface area contributed by atoms with Crippen LogP contribution in [0, 0.1) is 64.6 Å². The Morgan fingerprint density at radius 3 is 1.46 bits per heavy atom. The molecule has 0 aromatic carbocycles. The Labute approximate surface area is 339 Å². The van der Waals surface area contributed by atoms with E-state index in [-0.39, 0.29) is 0 Å². The van der Waals surface area contributed by atoms with E-state index in [0.29, 0.717) is 5.41 Å². The molecule has 0 saturated heterocycles. The van der Waals surface area contributed by atoms with Gasteiger partial charge in [0, 0.05) is 18.1 Å². The zero-order valence-electron chi connectivity index (χ0n) is 37.8. The Morgan fingerprint density at radius 2 is 0.907 bits per heavy atom. The fourth-order valence-corrected chi connectivity index (χ4v) is 15.6. The van der Waals surface area contributed by atoms with Gasteiger partial charge in [0.2, 0.25) is 0 Å². The van der Waals surface area contributed by atoms with Crippen molar-refractivity contribution in [3.05, 3.63) is 0 Å². The molecule has 0 amide bonds. The van der Waals surface area contributed by atoms with E-state index in [9.17, 15) is 0 Å². The minimum atomic E-state index is 0.693. The first-order valence-electron chi connectivity index (χ1n) is 26.2. The molecular weight excluding hydrogens is 651 g/mol. The second-order valence-corrected chi connectivity index (χ2v) is 22.2. The van der Waals surface area contributed by atoms with Gasteiger partial charge < -0.3 is 0 Å². The van der Waals surface area contributed by atoms with E-state index in [0.717, 1.165) is 77.3 Å². The van der Waals surface area contributed by atoms with Gasteiger partial charge in [-0.15, -0.1) is 0 Å². The quantitative estimate of drug-likeness (QED) is 0.112. The van der Waals surface area contributed by atoms with E-state index < -0.39 is 0 Å². The third kappa shape index (κ3) is 10.8. The highest BCUT2D eigenvalue weighted by Gasteiger charge is 2.60. The lowest BCUT2D eigenvalue weighted by molar-refractivity contribution is -0.0127. The Bertz CT molecular complexity index is 992. The van der Waals surface area contributed by atoms with E-state index in [4.69, 9.17) is 0 Å². The summed E-state index contributed by atoms with van der Waals surface area (Å²) < 4.78 is 0. The summed E-state index contributed by atoms with van der Waals surface area (Å²) in [5.74, 6) is 10.3. The van der Waals surface area contributed by atoms with Gasteiger partial charge in [-0.05, 0) is 187 Å². The van der Waals surface area contributed by atoms with E-state index >= 15 is 0 Å². The zero-order chi connectivity index (χ0) is 37.9. The van der Waals surface area contributed by atoms with Crippen LogP contribution in [0.5, 0.6) is 0 Å². The molecule has 7 unspecified atom stereocenters. The van der Waals surface area contributed by atoms with Crippen molar-refractivity contribution in [1.82, 2.24) is 4.90 Å². The van der Waals surface area contributed by atoms with Crippen molar-refractivity contribution < 1.29 is 0 Å². The van der Waals surface area contributed by atoms with Crippen LogP contribution in [0.1, 0.15) is 253 Å². The highest BCUT2D eigenvalue weighted by atomic mass is 15.2. The molecule has 1 heteroatoms.